The third kappa shape index (κ3) is 3.90. The van der Waals surface area contributed by atoms with Crippen LogP contribution in [0.5, 0.6) is 0 Å². The number of carbonyl (C=O) groups excluding carboxylic acids is 2. The number of esters is 1. The van der Waals surface area contributed by atoms with E-state index < -0.39 is 24.3 Å². The van der Waals surface area contributed by atoms with E-state index in [1.54, 1.807) is 30.3 Å². The van der Waals surface area contributed by atoms with Crippen LogP contribution in [0.1, 0.15) is 5.56 Å². The summed E-state index contributed by atoms with van der Waals surface area (Å²) >= 11 is 0. The normalized spacial score (nSPS) is 12.2. The minimum atomic E-state index is -3.52. The molecular formula is C11H9F3O3. The Hall–Kier alpha value is -1.85. The molecule has 0 heterocycles. The average molecular weight is 246 g/mol. The Labute approximate surface area is 95.2 Å². The number of ketones is 1. The predicted molar refractivity (Wildman–Crippen MR) is 52.1 cm³/mol. The highest BCUT2D eigenvalue weighted by atomic mass is 19.3. The van der Waals surface area contributed by atoms with Crippen LogP contribution in [0, 0.1) is 0 Å². The molecule has 0 radical (unpaired) electrons. The number of benzene rings is 1. The van der Waals surface area contributed by atoms with E-state index in [0.29, 0.717) is 5.56 Å². The second-order valence-electron chi connectivity index (χ2n) is 3.16. The van der Waals surface area contributed by atoms with E-state index in [2.05, 4.69) is 4.74 Å². The number of ether oxygens (including phenoxy) is 1. The number of rotatable bonds is 5. The van der Waals surface area contributed by atoms with Crippen LogP contribution < -0.4 is 0 Å². The van der Waals surface area contributed by atoms with Gasteiger partial charge in [-0.15, -0.1) is 0 Å². The fourth-order valence-corrected chi connectivity index (χ4v) is 1.03. The van der Waals surface area contributed by atoms with Gasteiger partial charge in [0.25, 0.3) is 12.6 Å². The maximum absolute atomic E-state index is 12.8. The molecule has 0 aliphatic rings. The number of hydrogen-bond acceptors (Lipinski definition) is 3. The van der Waals surface area contributed by atoms with Gasteiger partial charge >= 0.3 is 5.97 Å². The third-order valence-corrected chi connectivity index (χ3v) is 1.90. The lowest BCUT2D eigenvalue weighted by atomic mass is 10.2. The molecule has 0 N–H and O–H groups in total. The van der Waals surface area contributed by atoms with Gasteiger partial charge in [-0.2, -0.15) is 0 Å². The zero-order valence-electron chi connectivity index (χ0n) is 8.61. The van der Waals surface area contributed by atoms with Gasteiger partial charge in [0.1, 0.15) is 6.61 Å². The van der Waals surface area contributed by atoms with Crippen LogP contribution in [-0.2, 0) is 20.9 Å². The number of carbonyl (C=O) groups is 2. The summed E-state index contributed by atoms with van der Waals surface area (Å²) in [5.74, 6) is -3.68. The second kappa shape index (κ2) is 6.03. The monoisotopic (exact) mass is 246 g/mol. The van der Waals surface area contributed by atoms with Gasteiger partial charge in [0, 0.05) is 0 Å². The van der Waals surface area contributed by atoms with Crippen molar-refractivity contribution in [3.05, 3.63) is 35.9 Å². The maximum Gasteiger partial charge on any atom is 0.349 e. The summed E-state index contributed by atoms with van der Waals surface area (Å²) in [5.41, 5.74) is 0.567. The van der Waals surface area contributed by atoms with E-state index in [1.165, 1.54) is 0 Å². The fraction of sp³-hybridized carbons (Fsp3) is 0.273. The summed E-state index contributed by atoms with van der Waals surface area (Å²) in [6.07, 6.45) is -6.45. The van der Waals surface area contributed by atoms with Crippen LogP contribution in [0.25, 0.3) is 0 Å². The second-order valence-corrected chi connectivity index (χ2v) is 3.16. The summed E-state index contributed by atoms with van der Waals surface area (Å²) in [6.45, 7) is -0.267. The van der Waals surface area contributed by atoms with Crippen LogP contribution in [0.15, 0.2) is 30.3 Å². The van der Waals surface area contributed by atoms with Crippen molar-refractivity contribution in [2.24, 2.45) is 0 Å². The van der Waals surface area contributed by atoms with Crippen molar-refractivity contribution in [1.82, 2.24) is 0 Å². The van der Waals surface area contributed by atoms with Crippen LogP contribution in [0.2, 0.25) is 0 Å². The molecule has 0 aliphatic carbocycles. The summed E-state index contributed by atoms with van der Waals surface area (Å²) in [7, 11) is 0. The van der Waals surface area contributed by atoms with Crippen molar-refractivity contribution < 1.29 is 27.5 Å². The van der Waals surface area contributed by atoms with E-state index >= 15 is 0 Å². The van der Waals surface area contributed by atoms with Crippen LogP contribution in [0.3, 0.4) is 0 Å². The number of Topliss-reactive ketones (excluding diaryl/α,β-unsaturated/α-hetero) is 1. The Bertz CT molecular complexity index is 392. The lowest BCUT2D eigenvalue weighted by molar-refractivity contribution is -0.157. The Kier molecular flexibility index (Phi) is 4.68. The summed E-state index contributed by atoms with van der Waals surface area (Å²) in [5, 5.41) is 0. The lowest BCUT2D eigenvalue weighted by Crippen LogP contribution is -2.32. The minimum absolute atomic E-state index is 0.267. The molecular weight excluding hydrogens is 237 g/mol. The predicted octanol–water partition coefficient (Wildman–Crippen LogP) is 1.90. The van der Waals surface area contributed by atoms with E-state index in [0.717, 1.165) is 0 Å². The Morgan fingerprint density at radius 1 is 1.12 bits per heavy atom. The quantitative estimate of drug-likeness (QED) is 0.588. The first-order valence-corrected chi connectivity index (χ1v) is 4.69. The Balaban J connectivity index is 2.48. The molecule has 6 heteroatoms. The first-order valence-electron chi connectivity index (χ1n) is 4.69. The Morgan fingerprint density at radius 2 is 1.71 bits per heavy atom. The molecule has 17 heavy (non-hydrogen) atoms. The van der Waals surface area contributed by atoms with Crippen molar-refractivity contribution in [2.75, 3.05) is 0 Å². The number of hydrogen-bond donors (Lipinski definition) is 0. The maximum atomic E-state index is 12.8. The van der Waals surface area contributed by atoms with Gasteiger partial charge in [-0.05, 0) is 5.56 Å². The molecule has 1 aromatic carbocycles. The van der Waals surface area contributed by atoms with Gasteiger partial charge in [0.05, 0.1) is 0 Å². The van der Waals surface area contributed by atoms with Crippen molar-refractivity contribution in [1.29, 1.82) is 0 Å². The smallest absolute Gasteiger partial charge is 0.349 e. The molecule has 0 amide bonds. The highest BCUT2D eigenvalue weighted by Crippen LogP contribution is 2.07. The molecule has 92 valence electrons. The van der Waals surface area contributed by atoms with E-state index in [4.69, 9.17) is 0 Å². The van der Waals surface area contributed by atoms with Crippen molar-refractivity contribution in [3.63, 3.8) is 0 Å². The van der Waals surface area contributed by atoms with E-state index in [9.17, 15) is 22.8 Å². The highest BCUT2D eigenvalue weighted by molar-refractivity contribution is 6.03. The first-order chi connectivity index (χ1) is 8.02. The van der Waals surface area contributed by atoms with Gasteiger partial charge in [-0.25, -0.2) is 18.0 Å². The third-order valence-electron chi connectivity index (χ3n) is 1.90. The van der Waals surface area contributed by atoms with Crippen molar-refractivity contribution in [2.45, 2.75) is 19.2 Å². The van der Waals surface area contributed by atoms with Gasteiger partial charge in [-0.1, -0.05) is 30.3 Å². The number of alkyl halides is 3. The molecule has 1 rings (SSSR count). The lowest BCUT2D eigenvalue weighted by Gasteiger charge is -2.07. The van der Waals surface area contributed by atoms with Crippen LogP contribution in [-0.4, -0.2) is 24.3 Å². The molecule has 0 saturated carbocycles. The SMILES string of the molecule is O=C(OCc1ccccc1)C(F)C(=O)C(F)F. The van der Waals surface area contributed by atoms with E-state index in [-0.39, 0.29) is 6.61 Å². The average Bonchev–Trinajstić information content (AvgIpc) is 2.35. The topological polar surface area (TPSA) is 43.4 Å². The molecule has 0 spiro atoms. The van der Waals surface area contributed by atoms with Crippen molar-refractivity contribution >= 4 is 11.8 Å². The summed E-state index contributed by atoms with van der Waals surface area (Å²) in [4.78, 5) is 21.4. The molecule has 1 atom stereocenters. The molecule has 0 aromatic heterocycles. The largest absolute Gasteiger partial charge is 0.458 e. The van der Waals surface area contributed by atoms with Gasteiger partial charge < -0.3 is 4.74 Å². The standard InChI is InChI=1S/C11H9F3O3/c12-8(9(15)10(13)14)11(16)17-6-7-4-2-1-3-5-7/h1-5,8,10H,6H2. The Morgan fingerprint density at radius 3 is 2.24 bits per heavy atom. The summed E-state index contributed by atoms with van der Waals surface area (Å²) in [6, 6.07) is 8.27. The summed E-state index contributed by atoms with van der Waals surface area (Å²) < 4.78 is 40.8. The molecule has 1 aromatic rings. The van der Waals surface area contributed by atoms with Gasteiger partial charge in [0.15, 0.2) is 0 Å². The molecule has 0 fully saturated rings. The molecule has 0 bridgehead atoms. The highest BCUT2D eigenvalue weighted by Gasteiger charge is 2.33. The zero-order chi connectivity index (χ0) is 12.8. The minimum Gasteiger partial charge on any atom is -0.458 e. The molecule has 1 unspecified atom stereocenters. The van der Waals surface area contributed by atoms with Gasteiger partial charge in [0.2, 0.25) is 5.78 Å². The molecule has 0 saturated heterocycles. The fourth-order valence-electron chi connectivity index (χ4n) is 1.03. The van der Waals surface area contributed by atoms with Crippen LogP contribution in [0.4, 0.5) is 13.2 Å². The van der Waals surface area contributed by atoms with Crippen molar-refractivity contribution in [3.8, 4) is 0 Å². The molecule has 3 nitrogen and oxygen atoms in total. The zero-order valence-corrected chi connectivity index (χ0v) is 8.61. The molecule has 0 aliphatic heterocycles. The van der Waals surface area contributed by atoms with E-state index in [1.807, 2.05) is 0 Å². The number of halogens is 3. The van der Waals surface area contributed by atoms with Gasteiger partial charge in [-0.3, -0.25) is 4.79 Å². The van der Waals surface area contributed by atoms with Crippen LogP contribution >= 0.6 is 0 Å². The first kappa shape index (κ1) is 13.2.